The van der Waals surface area contributed by atoms with Gasteiger partial charge < -0.3 is 0 Å². The predicted molar refractivity (Wildman–Crippen MR) is 71.5 cm³/mol. The molecule has 0 aliphatic heterocycles. The smallest absolute Gasteiger partial charge is 0.00506 e. The molecule has 0 saturated heterocycles. The molecule has 23 heavy (non-hydrogen) atoms. The Kier molecular flexibility index (Phi) is 17.7. The summed E-state index contributed by atoms with van der Waals surface area (Å²) in [5, 5.41) is 0. The molecule has 0 unspecified atom stereocenters. The summed E-state index contributed by atoms with van der Waals surface area (Å²) in [6.07, 6.45) is 21.0. The van der Waals surface area contributed by atoms with E-state index in [-0.39, 0.29) is 21.1 Å². The first kappa shape index (κ1) is 30.1. The van der Waals surface area contributed by atoms with Crippen molar-refractivity contribution in [1.82, 2.24) is 0 Å². The van der Waals surface area contributed by atoms with Gasteiger partial charge in [-0.25, -0.2) is 0 Å². The van der Waals surface area contributed by atoms with E-state index in [1.54, 1.807) is 0 Å². The van der Waals surface area contributed by atoms with Crippen molar-refractivity contribution in [3.8, 4) is 0 Å². The average Bonchev–Trinajstić information content (AvgIpc) is 3.01. The monoisotopic (exact) mass is 444 g/mol. The number of hydrogen-bond acceptors (Lipinski definition) is 0. The third-order valence-electron chi connectivity index (χ3n) is 1.44. The number of halogens is 6. The summed E-state index contributed by atoms with van der Waals surface area (Å²) >= 11 is 0. The second-order valence-corrected chi connectivity index (χ2v) is 5.27. The van der Waals surface area contributed by atoms with Gasteiger partial charge in [0, 0.05) is 27.5 Å². The Labute approximate surface area is 145 Å². The fraction of sp³-hybridized carbons (Fsp3) is 0.154. The van der Waals surface area contributed by atoms with E-state index in [9.17, 15) is 25.2 Å². The van der Waals surface area contributed by atoms with Crippen LogP contribution in [-0.2, 0) is 30.4 Å². The third kappa shape index (κ3) is 75.3. The van der Waals surface area contributed by atoms with E-state index >= 15 is 0 Å². The maximum Gasteiger partial charge on any atom is 0.00506 e. The van der Waals surface area contributed by atoms with Crippen LogP contribution in [0.5, 0.6) is 0 Å². The van der Waals surface area contributed by atoms with E-state index in [1.807, 2.05) is 30.7 Å². The Morgan fingerprint density at radius 2 is 0.870 bits per heavy atom. The zero-order valence-corrected chi connectivity index (χ0v) is 14.5. The quantitative estimate of drug-likeness (QED) is 0.135. The Bertz CT molecular complexity index is 407. The van der Waals surface area contributed by atoms with Gasteiger partial charge in [-0.05, 0) is 12.8 Å². The molecule has 0 atom stereocenters. The molecule has 0 aromatic heterocycles. The van der Waals surface area contributed by atoms with Gasteiger partial charge in [0.2, 0.25) is 0 Å². The van der Waals surface area contributed by atoms with Crippen LogP contribution in [-0.4, -0.2) is 0 Å². The van der Waals surface area contributed by atoms with Gasteiger partial charge in [0.1, 0.15) is 0 Å². The second kappa shape index (κ2) is 13.6. The molecular weight excluding hydrogens is 429 g/mol. The molecule has 0 fully saturated rings. The summed E-state index contributed by atoms with van der Waals surface area (Å²) in [6, 6.07) is 0. The van der Waals surface area contributed by atoms with E-state index < -0.39 is 7.81 Å². The van der Waals surface area contributed by atoms with Crippen molar-refractivity contribution in [3.05, 3.63) is 68.3 Å². The van der Waals surface area contributed by atoms with E-state index in [0.717, 1.165) is 0 Å². The Morgan fingerprint density at radius 1 is 0.609 bits per heavy atom. The molecule has 0 amide bonds. The first-order valence-corrected chi connectivity index (χ1v) is 7.43. The Hall–Kier alpha value is -0.862. The van der Waals surface area contributed by atoms with Gasteiger partial charge in [-0.3, -0.25) is 0 Å². The maximum absolute atomic E-state index is 10.7. The van der Waals surface area contributed by atoms with Crippen molar-refractivity contribution >= 4 is 7.81 Å². The van der Waals surface area contributed by atoms with Crippen LogP contribution in [0.3, 0.4) is 0 Å². The molecule has 0 spiro atoms. The topological polar surface area (TPSA) is 39.8 Å². The van der Waals surface area contributed by atoms with Crippen LogP contribution in [0.25, 0.3) is 0 Å². The van der Waals surface area contributed by atoms with Gasteiger partial charge in [0.25, 0.3) is 0 Å². The first-order valence-electron chi connectivity index (χ1n) is 5.41. The number of hydrogen-bond donors (Lipinski definition) is 0. The zero-order valence-electron chi connectivity index (χ0n) is 11.6. The van der Waals surface area contributed by atoms with Crippen molar-refractivity contribution in [2.24, 2.45) is 0 Å². The van der Waals surface area contributed by atoms with Crippen LogP contribution >= 0.6 is 7.81 Å². The number of allylic oxidation sites excluding steroid dienone is 8. The maximum atomic E-state index is 9.87. The van der Waals surface area contributed by atoms with E-state index in [0.29, 0.717) is 0 Å². The van der Waals surface area contributed by atoms with Crippen LogP contribution in [0.1, 0.15) is 12.8 Å². The van der Waals surface area contributed by atoms with Crippen LogP contribution in [0.15, 0.2) is 48.6 Å². The molecular formula is C13H13F6MoO2P-. The number of rotatable bonds is 0. The summed E-state index contributed by atoms with van der Waals surface area (Å²) in [5.74, 6) is 0. The van der Waals surface area contributed by atoms with Gasteiger partial charge in [-0.2, -0.15) is 0 Å². The first-order chi connectivity index (χ1) is 9.95. The molecule has 2 aliphatic rings. The van der Waals surface area contributed by atoms with E-state index in [2.05, 4.69) is 37.6 Å². The molecule has 0 bridgehead atoms. The molecule has 0 saturated carbocycles. The van der Waals surface area contributed by atoms with Crippen molar-refractivity contribution in [3.63, 3.8) is 0 Å². The van der Waals surface area contributed by atoms with Gasteiger partial charge in [0.05, 0.1) is 0 Å². The van der Waals surface area contributed by atoms with Crippen molar-refractivity contribution in [2.45, 2.75) is 12.8 Å². The minimum atomic E-state index is -10.7. The van der Waals surface area contributed by atoms with Crippen LogP contribution < -0.4 is 0 Å². The summed E-state index contributed by atoms with van der Waals surface area (Å²) < 4.78 is 74.2. The van der Waals surface area contributed by atoms with Gasteiger partial charge in [-0.15, -0.1) is 0 Å². The molecule has 0 heterocycles. The molecule has 0 aromatic carbocycles. The molecule has 131 valence electrons. The van der Waals surface area contributed by atoms with Crippen molar-refractivity contribution < 1.29 is 55.6 Å². The largest absolute Gasteiger partial charge is 0.0767 e. The van der Waals surface area contributed by atoms with Gasteiger partial charge >= 0.3 is 55.6 Å². The van der Waals surface area contributed by atoms with E-state index in [1.165, 1.54) is 12.8 Å². The second-order valence-electron chi connectivity index (χ2n) is 3.35. The van der Waals surface area contributed by atoms with Crippen molar-refractivity contribution in [1.29, 1.82) is 0 Å². The molecule has 2 nitrogen and oxygen atoms in total. The third-order valence-corrected chi connectivity index (χ3v) is 1.44. The molecule has 2 rings (SSSR count). The summed E-state index contributed by atoms with van der Waals surface area (Å²) in [6.45, 7) is 9.00. The standard InChI is InChI=1S/C6H8.C5H5.2CO.F6P.Mo/c1-2-4-6-5-3-1;1-2-4-5-3-1;2*1-2;1-7(2,3,4,5)6;/h1-4H,5-6H2;1-5H;;;;/q;;;;-1;. The summed E-state index contributed by atoms with van der Waals surface area (Å²) in [7, 11) is -10.7. The van der Waals surface area contributed by atoms with Gasteiger partial charge in [0.15, 0.2) is 0 Å². The zero-order chi connectivity index (χ0) is 18.2. The van der Waals surface area contributed by atoms with Crippen LogP contribution in [0.2, 0.25) is 0 Å². The average molecular weight is 442 g/mol. The van der Waals surface area contributed by atoms with E-state index in [4.69, 9.17) is 9.30 Å². The molecule has 2 aliphatic carbocycles. The van der Waals surface area contributed by atoms with Crippen molar-refractivity contribution in [2.75, 3.05) is 0 Å². The summed E-state index contributed by atoms with van der Waals surface area (Å²) in [4.78, 5) is 0. The van der Waals surface area contributed by atoms with Gasteiger partial charge in [-0.1, -0.05) is 48.6 Å². The minimum Gasteiger partial charge on any atom is -0.0767 e. The summed E-state index contributed by atoms with van der Waals surface area (Å²) in [5.41, 5.74) is 0. The predicted octanol–water partition coefficient (Wildman–Crippen LogP) is 6.51. The fourth-order valence-corrected chi connectivity index (χ4v) is 0.863. The normalized spacial score (nSPS) is 15.9. The molecule has 0 N–H and O–H groups in total. The van der Waals surface area contributed by atoms with Crippen LogP contribution in [0, 0.1) is 19.7 Å². The molecule has 1 radical (unpaired) electrons. The molecule has 10 heteroatoms. The fourth-order valence-electron chi connectivity index (χ4n) is 0.863. The Balaban J connectivity index is -0.000000105. The van der Waals surface area contributed by atoms with Crippen LogP contribution in [0.4, 0.5) is 25.2 Å². The molecule has 0 aromatic rings. The Morgan fingerprint density at radius 3 is 0.957 bits per heavy atom. The SMILES string of the molecule is C1=CCCC=C1.F[P-](F)(F)(F)(F)F.[C-]#[O+].[C-]#[O+].[CH]1C=CC=C1.[Mo]. The minimum absolute atomic E-state index is 0.